The molecule has 7 nitrogen and oxygen atoms in total. The van der Waals surface area contributed by atoms with Gasteiger partial charge in [-0.3, -0.25) is 4.79 Å². The van der Waals surface area contributed by atoms with E-state index in [4.69, 9.17) is 9.26 Å². The summed E-state index contributed by atoms with van der Waals surface area (Å²) in [7, 11) is 1.76. The Hall–Kier alpha value is -1.18. The lowest BCUT2D eigenvalue weighted by Gasteiger charge is -2.17. The van der Waals surface area contributed by atoms with Gasteiger partial charge in [-0.2, -0.15) is 4.98 Å². The van der Waals surface area contributed by atoms with E-state index in [1.807, 2.05) is 13.8 Å². The van der Waals surface area contributed by atoms with Crippen LogP contribution in [-0.2, 0) is 16.1 Å². The fourth-order valence-corrected chi connectivity index (χ4v) is 2.41. The van der Waals surface area contributed by atoms with Gasteiger partial charge in [-0.25, -0.2) is 0 Å². The zero-order valence-electron chi connectivity index (χ0n) is 13.4. The third kappa shape index (κ3) is 5.23. The number of carbonyl (C=O) groups is 1. The van der Waals surface area contributed by atoms with Crippen LogP contribution < -0.4 is 5.32 Å². The molecule has 1 amide bonds. The molecule has 8 heteroatoms. The second kappa shape index (κ2) is 9.07. The van der Waals surface area contributed by atoms with Crippen LogP contribution in [0.25, 0.3) is 0 Å². The zero-order chi connectivity index (χ0) is 15.2. The number of halogens is 1. The van der Waals surface area contributed by atoms with Crippen molar-refractivity contribution in [2.45, 2.75) is 51.8 Å². The quantitative estimate of drug-likeness (QED) is 0.818. The van der Waals surface area contributed by atoms with E-state index in [2.05, 4.69) is 15.5 Å². The molecule has 0 saturated carbocycles. The van der Waals surface area contributed by atoms with Gasteiger partial charge in [-0.05, 0) is 33.2 Å². The lowest BCUT2D eigenvalue weighted by Crippen LogP contribution is -2.33. The molecular weight excluding hydrogens is 308 g/mol. The van der Waals surface area contributed by atoms with E-state index in [9.17, 15) is 4.79 Å². The topological polar surface area (TPSA) is 80.5 Å². The first-order valence-corrected chi connectivity index (χ1v) is 7.51. The summed E-state index contributed by atoms with van der Waals surface area (Å²) in [5.74, 6) is 1.05. The van der Waals surface area contributed by atoms with Crippen molar-refractivity contribution in [3.63, 3.8) is 0 Å². The Bertz CT molecular complexity index is 463. The van der Waals surface area contributed by atoms with Gasteiger partial charge in [-0.1, -0.05) is 5.16 Å². The summed E-state index contributed by atoms with van der Waals surface area (Å²) in [6.45, 7) is 5.72. The molecular formula is C14H25ClN4O3. The molecule has 2 heterocycles. The van der Waals surface area contributed by atoms with Gasteiger partial charge < -0.3 is 19.5 Å². The first kappa shape index (κ1) is 18.9. The minimum Gasteiger partial charge on any atom is -0.371 e. The molecule has 1 saturated heterocycles. The highest BCUT2D eigenvalue weighted by atomic mass is 35.5. The van der Waals surface area contributed by atoms with Crippen molar-refractivity contribution in [1.29, 1.82) is 0 Å². The Kier molecular flexibility index (Phi) is 7.78. The molecule has 126 valence electrons. The minimum atomic E-state index is -0.198. The van der Waals surface area contributed by atoms with E-state index >= 15 is 0 Å². The van der Waals surface area contributed by atoms with E-state index in [0.29, 0.717) is 37.3 Å². The van der Waals surface area contributed by atoms with Crippen molar-refractivity contribution < 1.29 is 14.1 Å². The number of carbonyl (C=O) groups excluding carboxylic acids is 1. The molecule has 2 atom stereocenters. The summed E-state index contributed by atoms with van der Waals surface area (Å²) in [4.78, 5) is 18.0. The fourth-order valence-electron chi connectivity index (χ4n) is 2.41. The molecule has 1 aromatic rings. The smallest absolute Gasteiger partial charge is 0.246 e. The predicted octanol–water partition coefficient (Wildman–Crippen LogP) is 1.69. The van der Waals surface area contributed by atoms with Crippen LogP contribution in [0, 0.1) is 0 Å². The number of amides is 1. The molecule has 0 radical (unpaired) electrons. The van der Waals surface area contributed by atoms with Crippen molar-refractivity contribution in [2.75, 3.05) is 20.2 Å². The summed E-state index contributed by atoms with van der Waals surface area (Å²) < 4.78 is 10.6. The third-order valence-electron chi connectivity index (χ3n) is 3.65. The van der Waals surface area contributed by atoms with E-state index in [0.717, 1.165) is 19.4 Å². The van der Waals surface area contributed by atoms with Gasteiger partial charge in [0.2, 0.25) is 11.8 Å². The number of rotatable bonds is 7. The number of hydrogen-bond donors (Lipinski definition) is 1. The number of hydrogen-bond acceptors (Lipinski definition) is 6. The molecule has 2 rings (SSSR count). The number of ether oxygens (including phenoxy) is 1. The Morgan fingerprint density at radius 2 is 2.36 bits per heavy atom. The maximum Gasteiger partial charge on any atom is 0.246 e. The second-order valence-corrected chi connectivity index (χ2v) is 5.39. The Balaban J connectivity index is 0.00000242. The molecule has 0 aliphatic carbocycles. The molecule has 1 aliphatic rings. The molecule has 2 unspecified atom stereocenters. The van der Waals surface area contributed by atoms with Crippen LogP contribution >= 0.6 is 12.4 Å². The van der Waals surface area contributed by atoms with Crippen molar-refractivity contribution in [3.05, 3.63) is 11.7 Å². The van der Waals surface area contributed by atoms with Crippen molar-refractivity contribution in [2.24, 2.45) is 0 Å². The Morgan fingerprint density at radius 1 is 1.59 bits per heavy atom. The first-order valence-electron chi connectivity index (χ1n) is 7.51. The average Bonchev–Trinajstić information content (AvgIpc) is 3.10. The molecule has 1 aromatic heterocycles. The van der Waals surface area contributed by atoms with Crippen LogP contribution in [-0.4, -0.2) is 47.2 Å². The van der Waals surface area contributed by atoms with E-state index < -0.39 is 0 Å². The standard InChI is InChI=1S/C14H24N4O3.ClH/c1-4-20-10(2)14-16-12(21-17-14)9-18(3)13(19)8-11-6-5-7-15-11;/h10-11,15H,4-9H2,1-3H3;1H. The van der Waals surface area contributed by atoms with Crippen LogP contribution in [0.5, 0.6) is 0 Å². The summed E-state index contributed by atoms with van der Waals surface area (Å²) >= 11 is 0. The number of nitrogens with zero attached hydrogens (tertiary/aromatic N) is 3. The number of nitrogens with one attached hydrogen (secondary N) is 1. The highest BCUT2D eigenvalue weighted by Crippen LogP contribution is 2.14. The van der Waals surface area contributed by atoms with E-state index in [1.54, 1.807) is 11.9 Å². The lowest BCUT2D eigenvalue weighted by atomic mass is 10.1. The second-order valence-electron chi connectivity index (χ2n) is 5.39. The lowest BCUT2D eigenvalue weighted by molar-refractivity contribution is -0.131. The number of aromatic nitrogens is 2. The summed E-state index contributed by atoms with van der Waals surface area (Å²) in [6, 6.07) is 0.302. The minimum absolute atomic E-state index is 0. The normalized spacial score (nSPS) is 18.8. The molecule has 0 spiro atoms. The van der Waals surface area contributed by atoms with Gasteiger partial charge in [-0.15, -0.1) is 12.4 Å². The average molecular weight is 333 g/mol. The molecule has 0 bridgehead atoms. The maximum absolute atomic E-state index is 12.1. The molecule has 22 heavy (non-hydrogen) atoms. The Morgan fingerprint density at radius 3 is 3.00 bits per heavy atom. The molecule has 1 fully saturated rings. The molecule has 1 N–H and O–H groups in total. The van der Waals surface area contributed by atoms with E-state index in [-0.39, 0.29) is 24.4 Å². The van der Waals surface area contributed by atoms with Crippen LogP contribution in [0.1, 0.15) is 50.9 Å². The first-order chi connectivity index (χ1) is 10.1. The highest BCUT2D eigenvalue weighted by Gasteiger charge is 2.21. The van der Waals surface area contributed by atoms with Gasteiger partial charge in [0.15, 0.2) is 5.82 Å². The Labute approximate surface area is 137 Å². The maximum atomic E-state index is 12.1. The molecule has 1 aliphatic heterocycles. The van der Waals surface area contributed by atoms with Crippen molar-refractivity contribution in [3.8, 4) is 0 Å². The summed E-state index contributed by atoms with van der Waals surface area (Å²) in [6.07, 6.45) is 2.53. The SMILES string of the molecule is CCOC(C)c1noc(CN(C)C(=O)CC2CCCN2)n1.Cl. The van der Waals surface area contributed by atoms with Crippen LogP contribution in [0.3, 0.4) is 0 Å². The van der Waals surface area contributed by atoms with Crippen molar-refractivity contribution in [1.82, 2.24) is 20.4 Å². The van der Waals surface area contributed by atoms with Gasteiger partial charge in [0, 0.05) is 26.1 Å². The highest BCUT2D eigenvalue weighted by molar-refractivity contribution is 5.85. The fraction of sp³-hybridized carbons (Fsp3) is 0.786. The summed E-state index contributed by atoms with van der Waals surface area (Å²) in [5, 5.41) is 7.21. The van der Waals surface area contributed by atoms with Gasteiger partial charge >= 0.3 is 0 Å². The van der Waals surface area contributed by atoms with Gasteiger partial charge in [0.1, 0.15) is 6.10 Å². The van der Waals surface area contributed by atoms with Gasteiger partial charge in [0.25, 0.3) is 0 Å². The monoisotopic (exact) mass is 332 g/mol. The van der Waals surface area contributed by atoms with Crippen LogP contribution in [0.15, 0.2) is 4.52 Å². The predicted molar refractivity (Wildman–Crippen MR) is 83.7 cm³/mol. The van der Waals surface area contributed by atoms with Gasteiger partial charge in [0.05, 0.1) is 6.54 Å². The summed E-state index contributed by atoms with van der Waals surface area (Å²) in [5.41, 5.74) is 0. The third-order valence-corrected chi connectivity index (χ3v) is 3.65. The van der Waals surface area contributed by atoms with Crippen LogP contribution in [0.4, 0.5) is 0 Å². The van der Waals surface area contributed by atoms with Crippen LogP contribution in [0.2, 0.25) is 0 Å². The zero-order valence-corrected chi connectivity index (χ0v) is 14.2. The van der Waals surface area contributed by atoms with E-state index in [1.165, 1.54) is 0 Å². The van der Waals surface area contributed by atoms with Crippen molar-refractivity contribution >= 4 is 18.3 Å². The largest absolute Gasteiger partial charge is 0.371 e. The molecule has 0 aromatic carbocycles.